The zero-order chi connectivity index (χ0) is 8.97. The summed E-state index contributed by atoms with van der Waals surface area (Å²) < 4.78 is 0. The van der Waals surface area contributed by atoms with Crippen LogP contribution in [0.4, 0.5) is 0 Å². The van der Waals surface area contributed by atoms with Crippen molar-refractivity contribution >= 4 is 14.5 Å². The van der Waals surface area contributed by atoms with Crippen molar-refractivity contribution in [2.45, 2.75) is 32.6 Å². The van der Waals surface area contributed by atoms with E-state index in [1.165, 1.54) is 23.7 Å². The fourth-order valence-corrected chi connectivity index (χ4v) is 2.05. The van der Waals surface area contributed by atoms with Crippen molar-refractivity contribution < 1.29 is 0 Å². The molecule has 0 bridgehead atoms. The third-order valence-corrected chi connectivity index (χ3v) is 2.95. The smallest absolute Gasteiger partial charge is 0.0161 e. The van der Waals surface area contributed by atoms with E-state index in [1.807, 2.05) is 0 Å². The van der Waals surface area contributed by atoms with Crippen LogP contribution in [0.3, 0.4) is 0 Å². The van der Waals surface area contributed by atoms with E-state index in [0.29, 0.717) is 0 Å². The van der Waals surface area contributed by atoms with E-state index < -0.39 is 0 Å². The van der Waals surface area contributed by atoms with Gasteiger partial charge in [-0.25, -0.2) is 0 Å². The highest BCUT2D eigenvalue weighted by Gasteiger charge is 2.07. The maximum atomic E-state index is 2.81. The largest absolute Gasteiger partial charge is 0.105 e. The standard InChI is InChI=1S/C11H17P/c1-3-9(4-2)10-7-5-6-8-11(10)12/h5-9H,3-4,12H2,1-2H3. The van der Waals surface area contributed by atoms with Crippen LogP contribution in [-0.4, -0.2) is 0 Å². The van der Waals surface area contributed by atoms with Gasteiger partial charge in [-0.3, -0.25) is 0 Å². The highest BCUT2D eigenvalue weighted by molar-refractivity contribution is 7.27. The molecule has 1 unspecified atom stereocenters. The minimum absolute atomic E-state index is 0.735. The summed E-state index contributed by atoms with van der Waals surface area (Å²) >= 11 is 0. The number of hydrogen-bond acceptors (Lipinski definition) is 0. The Labute approximate surface area is 77.6 Å². The van der Waals surface area contributed by atoms with Crippen molar-refractivity contribution in [2.24, 2.45) is 0 Å². The van der Waals surface area contributed by atoms with Crippen LogP contribution in [0.15, 0.2) is 24.3 Å². The lowest BCUT2D eigenvalue weighted by atomic mass is 9.94. The van der Waals surface area contributed by atoms with Crippen molar-refractivity contribution in [3.05, 3.63) is 29.8 Å². The monoisotopic (exact) mass is 180 g/mol. The highest BCUT2D eigenvalue weighted by Crippen LogP contribution is 2.21. The quantitative estimate of drug-likeness (QED) is 0.627. The van der Waals surface area contributed by atoms with Gasteiger partial charge < -0.3 is 0 Å². The molecule has 0 nitrogen and oxygen atoms in total. The van der Waals surface area contributed by atoms with Gasteiger partial charge in [0, 0.05) is 0 Å². The van der Waals surface area contributed by atoms with Crippen LogP contribution in [-0.2, 0) is 0 Å². The summed E-state index contributed by atoms with van der Waals surface area (Å²) in [6.07, 6.45) is 2.48. The lowest BCUT2D eigenvalue weighted by Gasteiger charge is -2.14. The Balaban J connectivity index is 2.92. The highest BCUT2D eigenvalue weighted by atomic mass is 31.0. The molecule has 0 saturated carbocycles. The molecule has 0 spiro atoms. The van der Waals surface area contributed by atoms with Gasteiger partial charge in [0.05, 0.1) is 0 Å². The molecule has 0 N–H and O–H groups in total. The molecular weight excluding hydrogens is 163 g/mol. The van der Waals surface area contributed by atoms with E-state index in [9.17, 15) is 0 Å². The first kappa shape index (κ1) is 9.74. The number of rotatable bonds is 3. The predicted molar refractivity (Wildman–Crippen MR) is 59.1 cm³/mol. The first-order chi connectivity index (χ1) is 5.79. The minimum Gasteiger partial charge on any atom is -0.105 e. The minimum atomic E-state index is 0.735. The topological polar surface area (TPSA) is 0 Å². The SMILES string of the molecule is CCC(CC)c1ccccc1P. The van der Waals surface area contributed by atoms with Gasteiger partial charge in [-0.2, -0.15) is 0 Å². The Morgan fingerprint density at radius 3 is 2.25 bits per heavy atom. The Bertz CT molecular complexity index is 239. The molecule has 0 aromatic heterocycles. The van der Waals surface area contributed by atoms with E-state index in [1.54, 1.807) is 0 Å². The second-order valence-corrected chi connectivity index (χ2v) is 3.76. The van der Waals surface area contributed by atoms with Crippen LogP contribution in [0.25, 0.3) is 0 Å². The molecule has 1 aromatic rings. The fourth-order valence-electron chi connectivity index (χ4n) is 1.61. The summed E-state index contributed by atoms with van der Waals surface area (Å²) in [7, 11) is 2.81. The third kappa shape index (κ3) is 2.08. The second kappa shape index (κ2) is 4.62. The van der Waals surface area contributed by atoms with Crippen LogP contribution in [0, 0.1) is 0 Å². The maximum Gasteiger partial charge on any atom is -0.0161 e. The zero-order valence-electron chi connectivity index (χ0n) is 7.88. The molecule has 0 fully saturated rings. The summed E-state index contributed by atoms with van der Waals surface area (Å²) in [5, 5.41) is 1.35. The maximum absolute atomic E-state index is 2.81. The summed E-state index contributed by atoms with van der Waals surface area (Å²) in [6.45, 7) is 4.51. The molecule has 1 aromatic carbocycles. The van der Waals surface area contributed by atoms with E-state index in [2.05, 4.69) is 47.4 Å². The molecule has 1 rings (SSSR count). The Morgan fingerprint density at radius 2 is 1.75 bits per heavy atom. The van der Waals surface area contributed by atoms with E-state index in [0.717, 1.165) is 5.92 Å². The molecule has 0 radical (unpaired) electrons. The summed E-state index contributed by atoms with van der Waals surface area (Å²) in [6, 6.07) is 8.62. The number of benzene rings is 1. The van der Waals surface area contributed by atoms with Gasteiger partial charge in [-0.1, -0.05) is 38.1 Å². The van der Waals surface area contributed by atoms with Crippen LogP contribution in [0.5, 0.6) is 0 Å². The van der Waals surface area contributed by atoms with Gasteiger partial charge >= 0.3 is 0 Å². The van der Waals surface area contributed by atoms with E-state index in [4.69, 9.17) is 0 Å². The molecule has 0 aliphatic heterocycles. The third-order valence-electron chi connectivity index (χ3n) is 2.42. The first-order valence-corrected chi connectivity index (χ1v) is 5.21. The summed E-state index contributed by atoms with van der Waals surface area (Å²) in [5.74, 6) is 0.735. The molecule has 0 aliphatic carbocycles. The Hall–Kier alpha value is -0.350. The molecular formula is C11H17P. The van der Waals surface area contributed by atoms with Crippen LogP contribution < -0.4 is 5.30 Å². The summed E-state index contributed by atoms with van der Waals surface area (Å²) in [4.78, 5) is 0. The van der Waals surface area contributed by atoms with Crippen LogP contribution >= 0.6 is 9.24 Å². The molecule has 0 amide bonds. The van der Waals surface area contributed by atoms with E-state index in [-0.39, 0.29) is 0 Å². The van der Waals surface area contributed by atoms with Crippen LogP contribution in [0.2, 0.25) is 0 Å². The summed E-state index contributed by atoms with van der Waals surface area (Å²) in [5.41, 5.74) is 1.49. The lowest BCUT2D eigenvalue weighted by molar-refractivity contribution is 0.645. The Morgan fingerprint density at radius 1 is 1.17 bits per heavy atom. The van der Waals surface area contributed by atoms with Gasteiger partial charge in [-0.15, -0.1) is 9.24 Å². The average molecular weight is 180 g/mol. The first-order valence-electron chi connectivity index (χ1n) is 4.64. The zero-order valence-corrected chi connectivity index (χ0v) is 9.03. The van der Waals surface area contributed by atoms with Crippen molar-refractivity contribution in [2.75, 3.05) is 0 Å². The predicted octanol–water partition coefficient (Wildman–Crippen LogP) is 3.09. The van der Waals surface area contributed by atoms with Crippen molar-refractivity contribution in [1.29, 1.82) is 0 Å². The van der Waals surface area contributed by atoms with Crippen molar-refractivity contribution in [1.82, 2.24) is 0 Å². The molecule has 0 heterocycles. The van der Waals surface area contributed by atoms with Gasteiger partial charge in [0.2, 0.25) is 0 Å². The van der Waals surface area contributed by atoms with Gasteiger partial charge in [-0.05, 0) is 29.6 Å². The van der Waals surface area contributed by atoms with Crippen LogP contribution in [0.1, 0.15) is 38.2 Å². The second-order valence-electron chi connectivity index (χ2n) is 3.14. The van der Waals surface area contributed by atoms with Gasteiger partial charge in [0.1, 0.15) is 0 Å². The molecule has 0 aliphatic rings. The fraction of sp³-hybridized carbons (Fsp3) is 0.455. The molecule has 0 saturated heterocycles. The van der Waals surface area contributed by atoms with Crippen molar-refractivity contribution in [3.63, 3.8) is 0 Å². The molecule has 1 atom stereocenters. The van der Waals surface area contributed by atoms with E-state index >= 15 is 0 Å². The molecule has 66 valence electrons. The lowest BCUT2D eigenvalue weighted by Crippen LogP contribution is -2.06. The Kier molecular flexibility index (Phi) is 3.75. The van der Waals surface area contributed by atoms with Crippen molar-refractivity contribution in [3.8, 4) is 0 Å². The average Bonchev–Trinajstić information content (AvgIpc) is 2.10. The van der Waals surface area contributed by atoms with Gasteiger partial charge in [0.25, 0.3) is 0 Å². The normalized spacial score (nSPS) is 10.7. The van der Waals surface area contributed by atoms with Gasteiger partial charge in [0.15, 0.2) is 0 Å². The number of hydrogen-bond donors (Lipinski definition) is 0. The molecule has 12 heavy (non-hydrogen) atoms. The molecule has 1 heteroatoms.